The van der Waals surface area contributed by atoms with Crippen molar-refractivity contribution >= 4 is 35.6 Å². The number of carbonyl (C=O) groups is 3. The lowest BCUT2D eigenvalue weighted by molar-refractivity contribution is -0.151. The highest BCUT2D eigenvalue weighted by atomic mass is 16.8. The van der Waals surface area contributed by atoms with Gasteiger partial charge in [0.05, 0.1) is 11.7 Å². The highest BCUT2D eigenvalue weighted by Gasteiger charge is 2.56. The van der Waals surface area contributed by atoms with E-state index in [0.29, 0.717) is 5.52 Å². The molecule has 0 spiro atoms. The van der Waals surface area contributed by atoms with Gasteiger partial charge in [0, 0.05) is 20.2 Å². The predicted molar refractivity (Wildman–Crippen MR) is 131 cm³/mol. The van der Waals surface area contributed by atoms with Gasteiger partial charge in [0.2, 0.25) is 12.7 Å². The second kappa shape index (κ2) is 11.4. The SMILES string of the molecule is CN=C[C@@]1(c2ccc3c(NC(=O)[C@@H](N)C(C)(C)C)ncnn23)O[C@H](COC(=O)OCOC(C)=O)[C@@H](O)[C@H]1O. The Kier molecular flexibility index (Phi) is 8.66. The summed E-state index contributed by atoms with van der Waals surface area (Å²) in [6.45, 7) is 5.49. The molecular formula is C23H32N6O9. The number of rotatable bonds is 8. The van der Waals surface area contributed by atoms with Gasteiger partial charge in [-0.1, -0.05) is 20.8 Å². The summed E-state index contributed by atoms with van der Waals surface area (Å²) in [5.41, 5.74) is 4.47. The Labute approximate surface area is 217 Å². The number of nitrogens with two attached hydrogens (primary N) is 1. The molecular weight excluding hydrogens is 504 g/mol. The van der Waals surface area contributed by atoms with Gasteiger partial charge in [-0.15, -0.1) is 0 Å². The molecule has 208 valence electrons. The maximum absolute atomic E-state index is 12.7. The maximum Gasteiger partial charge on any atom is 0.511 e. The second-order valence-electron chi connectivity index (χ2n) is 9.69. The summed E-state index contributed by atoms with van der Waals surface area (Å²) in [5, 5.41) is 28.7. The van der Waals surface area contributed by atoms with Crippen LogP contribution in [0.5, 0.6) is 0 Å². The molecule has 0 aliphatic carbocycles. The first kappa shape index (κ1) is 28.9. The normalized spacial score (nSPS) is 24.4. The molecule has 1 aliphatic heterocycles. The van der Waals surface area contributed by atoms with Crippen molar-refractivity contribution in [1.82, 2.24) is 14.6 Å². The second-order valence-corrected chi connectivity index (χ2v) is 9.69. The summed E-state index contributed by atoms with van der Waals surface area (Å²) in [5.74, 6) is -0.929. The van der Waals surface area contributed by atoms with Gasteiger partial charge in [0.15, 0.2) is 11.4 Å². The van der Waals surface area contributed by atoms with E-state index in [1.54, 1.807) is 12.1 Å². The molecule has 1 amide bonds. The van der Waals surface area contributed by atoms with E-state index >= 15 is 0 Å². The fourth-order valence-corrected chi connectivity index (χ4v) is 3.82. The lowest BCUT2D eigenvalue weighted by Gasteiger charge is -2.28. The zero-order valence-corrected chi connectivity index (χ0v) is 21.7. The minimum Gasteiger partial charge on any atom is -0.431 e. The third-order valence-corrected chi connectivity index (χ3v) is 5.92. The standard InChI is InChI=1S/C23H32N6O9/c1-12(30)36-11-37-21(34)35-8-14-16(31)18(32)23(38-14,9-25-5)15-7-6-13-19(26-10-27-29(13)15)28-20(33)17(24)22(2,3)4/h6-7,9-10,14,16-18,31-32H,8,11,24H2,1-5H3,(H,26,27,28,33)/t14-,16-,17-,18-,23+/m1/s1. The number of esters is 1. The summed E-state index contributed by atoms with van der Waals surface area (Å²) in [6.07, 6.45) is -2.95. The average Bonchev–Trinajstić information content (AvgIpc) is 3.38. The number of amides is 1. The third kappa shape index (κ3) is 5.91. The van der Waals surface area contributed by atoms with Gasteiger partial charge < -0.3 is 40.2 Å². The van der Waals surface area contributed by atoms with Crippen molar-refractivity contribution in [2.75, 3.05) is 25.8 Å². The molecule has 15 nitrogen and oxygen atoms in total. The molecule has 3 rings (SSSR count). The average molecular weight is 537 g/mol. The van der Waals surface area contributed by atoms with Crippen molar-refractivity contribution in [3.05, 3.63) is 24.2 Å². The molecule has 0 radical (unpaired) electrons. The van der Waals surface area contributed by atoms with Crippen molar-refractivity contribution in [3.8, 4) is 0 Å². The lowest BCUT2D eigenvalue weighted by Crippen LogP contribution is -2.45. The number of ether oxygens (including phenoxy) is 4. The van der Waals surface area contributed by atoms with Crippen molar-refractivity contribution in [1.29, 1.82) is 0 Å². The van der Waals surface area contributed by atoms with Gasteiger partial charge in [-0.05, 0) is 17.5 Å². The first-order valence-corrected chi connectivity index (χ1v) is 11.6. The fraction of sp³-hybridized carbons (Fsp3) is 0.565. The van der Waals surface area contributed by atoms with Crippen molar-refractivity contribution in [2.45, 2.75) is 57.6 Å². The predicted octanol–water partition coefficient (Wildman–Crippen LogP) is -0.268. The van der Waals surface area contributed by atoms with Crippen LogP contribution in [0.15, 0.2) is 23.5 Å². The summed E-state index contributed by atoms with van der Waals surface area (Å²) in [7, 11) is 1.45. The first-order chi connectivity index (χ1) is 17.8. The van der Waals surface area contributed by atoms with Crippen LogP contribution < -0.4 is 11.1 Å². The van der Waals surface area contributed by atoms with Crippen LogP contribution in [0.3, 0.4) is 0 Å². The lowest BCUT2D eigenvalue weighted by atomic mass is 9.87. The van der Waals surface area contributed by atoms with Gasteiger partial charge in [-0.25, -0.2) is 14.3 Å². The molecule has 5 atom stereocenters. The number of carbonyl (C=O) groups excluding carboxylic acids is 3. The topological polar surface area (TPSA) is 209 Å². The molecule has 38 heavy (non-hydrogen) atoms. The molecule has 15 heteroatoms. The monoisotopic (exact) mass is 536 g/mol. The molecule has 0 aromatic carbocycles. The molecule has 5 N–H and O–H groups in total. The van der Waals surface area contributed by atoms with Gasteiger partial charge in [0.25, 0.3) is 0 Å². The molecule has 0 unspecified atom stereocenters. The molecule has 1 aliphatic rings. The third-order valence-electron chi connectivity index (χ3n) is 5.92. The number of aliphatic hydroxyl groups is 2. The molecule has 2 aromatic rings. The van der Waals surface area contributed by atoms with E-state index in [1.807, 2.05) is 20.8 Å². The van der Waals surface area contributed by atoms with Crippen molar-refractivity contribution in [2.24, 2.45) is 16.1 Å². The van der Waals surface area contributed by atoms with Crippen LogP contribution in [0.4, 0.5) is 10.6 Å². The van der Waals surface area contributed by atoms with E-state index in [-0.39, 0.29) is 11.5 Å². The van der Waals surface area contributed by atoms with Gasteiger partial charge in [-0.2, -0.15) is 5.10 Å². The number of aliphatic hydroxyl groups excluding tert-OH is 2. The summed E-state index contributed by atoms with van der Waals surface area (Å²) >= 11 is 0. The van der Waals surface area contributed by atoms with E-state index in [9.17, 15) is 24.6 Å². The number of fused-ring (bicyclic) bond motifs is 1. The van der Waals surface area contributed by atoms with Crippen LogP contribution in [-0.2, 0) is 34.1 Å². The molecule has 1 fully saturated rings. The summed E-state index contributed by atoms with van der Waals surface area (Å²) in [4.78, 5) is 43.4. The van der Waals surface area contributed by atoms with Crippen molar-refractivity contribution in [3.63, 3.8) is 0 Å². The highest BCUT2D eigenvalue weighted by molar-refractivity contribution is 5.97. The Hall–Kier alpha value is -3.66. The highest BCUT2D eigenvalue weighted by Crippen LogP contribution is 2.40. The number of anilines is 1. The number of nitrogens with zero attached hydrogens (tertiary/aromatic N) is 4. The quantitative estimate of drug-likeness (QED) is 0.195. The molecule has 0 saturated carbocycles. The maximum atomic E-state index is 12.7. The van der Waals surface area contributed by atoms with Crippen molar-refractivity contribution < 1.29 is 43.5 Å². The molecule has 3 heterocycles. The number of nitrogens with one attached hydrogen (secondary N) is 1. The van der Waals surface area contributed by atoms with Gasteiger partial charge in [-0.3, -0.25) is 14.6 Å². The van der Waals surface area contributed by atoms with E-state index in [0.717, 1.165) is 6.92 Å². The van der Waals surface area contributed by atoms with E-state index in [4.69, 9.17) is 15.2 Å². The van der Waals surface area contributed by atoms with Crippen LogP contribution in [0.2, 0.25) is 0 Å². The Morgan fingerprint density at radius 2 is 2.00 bits per heavy atom. The van der Waals surface area contributed by atoms with Gasteiger partial charge in [0.1, 0.15) is 36.8 Å². The molecule has 1 saturated heterocycles. The Balaban J connectivity index is 1.86. The largest absolute Gasteiger partial charge is 0.511 e. The number of aliphatic imine (C=N–C) groups is 1. The van der Waals surface area contributed by atoms with Crippen LogP contribution >= 0.6 is 0 Å². The first-order valence-electron chi connectivity index (χ1n) is 11.6. The van der Waals surface area contributed by atoms with E-state index in [2.05, 4.69) is 29.9 Å². The summed E-state index contributed by atoms with van der Waals surface area (Å²) in [6, 6.07) is 2.34. The zero-order chi connectivity index (χ0) is 28.3. The fourth-order valence-electron chi connectivity index (χ4n) is 3.82. The zero-order valence-electron chi connectivity index (χ0n) is 21.7. The van der Waals surface area contributed by atoms with Crippen LogP contribution in [-0.4, -0.2) is 93.9 Å². The van der Waals surface area contributed by atoms with Crippen LogP contribution in [0, 0.1) is 5.41 Å². The van der Waals surface area contributed by atoms with Crippen LogP contribution in [0.1, 0.15) is 33.4 Å². The van der Waals surface area contributed by atoms with E-state index in [1.165, 1.54) is 24.1 Å². The number of aromatic nitrogens is 3. The number of hydrogen-bond donors (Lipinski definition) is 4. The molecule has 0 bridgehead atoms. The smallest absolute Gasteiger partial charge is 0.431 e. The molecule has 2 aromatic heterocycles. The minimum absolute atomic E-state index is 0.169. The Morgan fingerprint density at radius 1 is 1.29 bits per heavy atom. The van der Waals surface area contributed by atoms with Crippen LogP contribution in [0.25, 0.3) is 5.52 Å². The Bertz CT molecular complexity index is 1210. The van der Waals surface area contributed by atoms with E-state index < -0.39 is 66.8 Å². The number of hydrogen-bond acceptors (Lipinski definition) is 13. The van der Waals surface area contributed by atoms with Gasteiger partial charge >= 0.3 is 12.1 Å². The minimum atomic E-state index is -1.71. The summed E-state index contributed by atoms with van der Waals surface area (Å²) < 4.78 is 21.4. The Morgan fingerprint density at radius 3 is 2.63 bits per heavy atom.